The van der Waals surface area contributed by atoms with Crippen LogP contribution in [0.2, 0.25) is 0 Å². The third kappa shape index (κ3) is 5.81. The molecule has 4 aromatic rings. The summed E-state index contributed by atoms with van der Waals surface area (Å²) in [5, 5.41) is 2.83. The van der Waals surface area contributed by atoms with Crippen LogP contribution in [0.15, 0.2) is 85.3 Å². The van der Waals surface area contributed by atoms with Gasteiger partial charge in [-0.1, -0.05) is 24.3 Å². The van der Waals surface area contributed by atoms with Crippen LogP contribution in [0.4, 0.5) is 15.8 Å². The summed E-state index contributed by atoms with van der Waals surface area (Å²) in [5.74, 6) is -0.980. The van der Waals surface area contributed by atoms with E-state index in [0.29, 0.717) is 29.3 Å². The quantitative estimate of drug-likeness (QED) is 0.339. The Labute approximate surface area is 215 Å². The van der Waals surface area contributed by atoms with E-state index in [0.717, 1.165) is 11.1 Å². The smallest absolute Gasteiger partial charge is 0.279 e. The van der Waals surface area contributed by atoms with Crippen molar-refractivity contribution in [1.82, 2.24) is 9.97 Å². The first-order valence-electron chi connectivity index (χ1n) is 11.8. The molecule has 1 atom stereocenters. The zero-order chi connectivity index (χ0) is 26.4. The molecule has 1 heterocycles. The van der Waals surface area contributed by atoms with E-state index in [1.54, 1.807) is 30.3 Å². The molecule has 0 aliphatic carbocycles. The van der Waals surface area contributed by atoms with Gasteiger partial charge in [-0.3, -0.25) is 19.5 Å². The van der Waals surface area contributed by atoms with Crippen LogP contribution in [0.5, 0.6) is 5.75 Å². The van der Waals surface area contributed by atoms with Gasteiger partial charge in [0.05, 0.1) is 12.8 Å². The number of nitrogens with zero attached hydrogens (tertiary/aromatic N) is 3. The predicted molar refractivity (Wildman–Crippen MR) is 140 cm³/mol. The summed E-state index contributed by atoms with van der Waals surface area (Å²) in [4.78, 5) is 37.6. The van der Waals surface area contributed by atoms with E-state index in [4.69, 9.17) is 4.74 Å². The molecule has 4 rings (SSSR count). The fourth-order valence-corrected chi connectivity index (χ4v) is 3.93. The Morgan fingerprint density at radius 1 is 1.00 bits per heavy atom. The van der Waals surface area contributed by atoms with Crippen molar-refractivity contribution in [1.29, 1.82) is 0 Å². The van der Waals surface area contributed by atoms with Gasteiger partial charge in [0.15, 0.2) is 0 Å². The van der Waals surface area contributed by atoms with Gasteiger partial charge in [-0.15, -0.1) is 0 Å². The Kier molecular flexibility index (Phi) is 7.88. The summed E-state index contributed by atoms with van der Waals surface area (Å²) >= 11 is 0. The van der Waals surface area contributed by atoms with Crippen molar-refractivity contribution < 1.29 is 18.7 Å². The van der Waals surface area contributed by atoms with Gasteiger partial charge in [0.1, 0.15) is 23.3 Å². The molecule has 0 fully saturated rings. The lowest BCUT2D eigenvalue weighted by Crippen LogP contribution is -2.42. The number of ether oxygens (including phenoxy) is 1. The summed E-state index contributed by atoms with van der Waals surface area (Å²) in [6.07, 6.45) is 4.26. The molecule has 1 N–H and O–H groups in total. The van der Waals surface area contributed by atoms with Gasteiger partial charge in [0, 0.05) is 29.3 Å². The Balaban J connectivity index is 1.91. The van der Waals surface area contributed by atoms with Crippen LogP contribution in [-0.2, 0) is 4.79 Å². The molecule has 3 aromatic carbocycles. The zero-order valence-corrected chi connectivity index (χ0v) is 20.8. The number of nitrogens with one attached hydrogen (secondary N) is 1. The van der Waals surface area contributed by atoms with Gasteiger partial charge < -0.3 is 10.1 Å². The maximum Gasteiger partial charge on any atom is 0.279 e. The van der Waals surface area contributed by atoms with Crippen LogP contribution in [0, 0.1) is 19.7 Å². The first kappa shape index (κ1) is 25.5. The maximum atomic E-state index is 14.0. The highest BCUT2D eigenvalue weighted by molar-refractivity contribution is 6.11. The van der Waals surface area contributed by atoms with Gasteiger partial charge in [-0.25, -0.2) is 9.37 Å². The normalized spacial score (nSPS) is 11.5. The van der Waals surface area contributed by atoms with E-state index in [2.05, 4.69) is 15.3 Å². The lowest BCUT2D eigenvalue weighted by molar-refractivity contribution is -0.117. The number of carbonyl (C=O) groups is 2. The summed E-state index contributed by atoms with van der Waals surface area (Å²) in [7, 11) is 0. The molecule has 37 heavy (non-hydrogen) atoms. The van der Waals surface area contributed by atoms with Crippen LogP contribution >= 0.6 is 0 Å². The van der Waals surface area contributed by atoms with Crippen LogP contribution in [0.25, 0.3) is 0 Å². The minimum Gasteiger partial charge on any atom is -0.493 e. The summed E-state index contributed by atoms with van der Waals surface area (Å²) < 4.78 is 19.4. The van der Waals surface area contributed by atoms with Crippen LogP contribution < -0.4 is 15.0 Å². The van der Waals surface area contributed by atoms with Crippen LogP contribution in [0.3, 0.4) is 0 Å². The third-order valence-corrected chi connectivity index (χ3v) is 5.90. The fraction of sp³-hybridized carbons (Fsp3) is 0.172. The third-order valence-electron chi connectivity index (χ3n) is 5.90. The minimum absolute atomic E-state index is 0.0780. The molecule has 8 heteroatoms. The first-order valence-corrected chi connectivity index (χ1v) is 11.8. The van der Waals surface area contributed by atoms with Crippen molar-refractivity contribution in [2.24, 2.45) is 0 Å². The molecule has 0 saturated heterocycles. The van der Waals surface area contributed by atoms with E-state index < -0.39 is 23.7 Å². The highest BCUT2D eigenvalue weighted by Gasteiger charge is 2.36. The van der Waals surface area contributed by atoms with Crippen molar-refractivity contribution in [3.63, 3.8) is 0 Å². The zero-order valence-electron chi connectivity index (χ0n) is 20.8. The number of para-hydroxylation sites is 1. The van der Waals surface area contributed by atoms with E-state index >= 15 is 0 Å². The van der Waals surface area contributed by atoms with Gasteiger partial charge in [0.2, 0.25) is 0 Å². The molecule has 1 aromatic heterocycles. The summed E-state index contributed by atoms with van der Waals surface area (Å²) in [6.45, 7) is 6.11. The number of benzene rings is 3. The molecule has 0 saturated carbocycles. The number of halogens is 1. The highest BCUT2D eigenvalue weighted by atomic mass is 19.1. The second kappa shape index (κ2) is 11.4. The molecule has 0 radical (unpaired) electrons. The second-order valence-corrected chi connectivity index (χ2v) is 8.40. The highest BCUT2D eigenvalue weighted by Crippen LogP contribution is 2.36. The van der Waals surface area contributed by atoms with Crippen molar-refractivity contribution >= 4 is 23.2 Å². The molecule has 0 spiro atoms. The second-order valence-electron chi connectivity index (χ2n) is 8.40. The minimum atomic E-state index is -1.15. The maximum absolute atomic E-state index is 14.0. The summed E-state index contributed by atoms with van der Waals surface area (Å²) in [5.41, 5.74) is 3.44. The fourth-order valence-electron chi connectivity index (χ4n) is 3.93. The Bertz CT molecular complexity index is 1390. The molecular formula is C29H27FN4O3. The van der Waals surface area contributed by atoms with Crippen molar-refractivity contribution in [3.8, 4) is 5.75 Å². The van der Waals surface area contributed by atoms with E-state index in [9.17, 15) is 14.0 Å². The molecule has 0 unspecified atom stereocenters. The SMILES string of the molecule is CCOc1ccccc1[C@@H](C(=O)Nc1ccc(F)cc1)N(C(=O)c1cnccn1)c1ccc(C)c(C)c1. The topological polar surface area (TPSA) is 84.4 Å². The number of hydrogen-bond donors (Lipinski definition) is 1. The number of anilines is 2. The van der Waals surface area contributed by atoms with Crippen molar-refractivity contribution in [2.45, 2.75) is 26.8 Å². The molecule has 0 bridgehead atoms. The van der Waals surface area contributed by atoms with E-state index in [1.165, 1.54) is 47.8 Å². The van der Waals surface area contributed by atoms with Gasteiger partial charge in [0.25, 0.3) is 11.8 Å². The van der Waals surface area contributed by atoms with Crippen LogP contribution in [-0.4, -0.2) is 28.4 Å². The van der Waals surface area contributed by atoms with Gasteiger partial charge in [-0.05, 0) is 74.4 Å². The standard InChI is InChI=1S/C29H27FN4O3/c1-4-37-26-8-6-5-7-24(26)27(28(35)33-22-12-10-21(30)11-13-22)34(23-14-9-19(2)20(3)17-23)29(36)25-18-31-15-16-32-25/h5-18,27H,4H2,1-3H3,(H,33,35)/t27-/m0/s1. The predicted octanol–water partition coefficient (Wildman–Crippen LogP) is 5.66. The first-order chi connectivity index (χ1) is 17.9. The van der Waals surface area contributed by atoms with Crippen molar-refractivity contribution in [3.05, 3.63) is 114 Å². The van der Waals surface area contributed by atoms with Gasteiger partial charge in [-0.2, -0.15) is 0 Å². The average Bonchev–Trinajstić information content (AvgIpc) is 2.91. The number of rotatable bonds is 8. The molecular weight excluding hydrogens is 471 g/mol. The van der Waals surface area contributed by atoms with E-state index in [1.807, 2.05) is 32.9 Å². The molecule has 188 valence electrons. The van der Waals surface area contributed by atoms with Gasteiger partial charge >= 0.3 is 0 Å². The average molecular weight is 499 g/mol. The number of aryl methyl sites for hydroxylation is 2. The lowest BCUT2D eigenvalue weighted by Gasteiger charge is -2.32. The molecule has 0 aliphatic heterocycles. The Hall–Kier alpha value is -4.59. The number of hydrogen-bond acceptors (Lipinski definition) is 5. The molecule has 2 amide bonds. The number of carbonyl (C=O) groups excluding carboxylic acids is 2. The Morgan fingerprint density at radius 3 is 2.43 bits per heavy atom. The summed E-state index contributed by atoms with van der Waals surface area (Å²) in [6, 6.07) is 16.9. The molecule has 0 aliphatic rings. The lowest BCUT2D eigenvalue weighted by atomic mass is 10.00. The Morgan fingerprint density at radius 2 is 1.76 bits per heavy atom. The molecule has 7 nitrogen and oxygen atoms in total. The number of amides is 2. The van der Waals surface area contributed by atoms with Crippen LogP contribution in [0.1, 0.15) is 40.1 Å². The van der Waals surface area contributed by atoms with E-state index in [-0.39, 0.29) is 5.69 Å². The monoisotopic (exact) mass is 498 g/mol. The van der Waals surface area contributed by atoms with Crippen molar-refractivity contribution in [2.75, 3.05) is 16.8 Å². The largest absolute Gasteiger partial charge is 0.493 e. The number of aromatic nitrogens is 2.